The van der Waals surface area contributed by atoms with Gasteiger partial charge in [0.05, 0.1) is 4.88 Å². The Balaban J connectivity index is 1.77. The second-order valence-electron chi connectivity index (χ2n) is 7.41. The van der Waals surface area contributed by atoms with E-state index in [1.54, 1.807) is 11.3 Å². The fourth-order valence-electron chi connectivity index (χ4n) is 3.75. The third kappa shape index (κ3) is 5.02. The van der Waals surface area contributed by atoms with Gasteiger partial charge in [-0.2, -0.15) is 0 Å². The SMILES string of the molecule is CCCc1sc(C(=O)NC(Cc2ccccc2)C(=O)N2CCCC2)cc1CC. The average Bonchev–Trinajstić information content (AvgIpc) is 3.38. The summed E-state index contributed by atoms with van der Waals surface area (Å²) in [5, 5.41) is 3.05. The molecule has 1 aliphatic heterocycles. The Morgan fingerprint density at radius 1 is 1.14 bits per heavy atom. The first kappa shape index (κ1) is 20.6. The highest BCUT2D eigenvalue weighted by atomic mass is 32.1. The molecule has 0 bridgehead atoms. The second-order valence-corrected chi connectivity index (χ2v) is 8.55. The van der Waals surface area contributed by atoms with Gasteiger partial charge in [0.1, 0.15) is 6.04 Å². The summed E-state index contributed by atoms with van der Waals surface area (Å²) in [6.45, 7) is 5.86. The van der Waals surface area contributed by atoms with Crippen LogP contribution in [0.3, 0.4) is 0 Å². The van der Waals surface area contributed by atoms with E-state index in [1.807, 2.05) is 41.3 Å². The highest BCUT2D eigenvalue weighted by molar-refractivity contribution is 7.14. The Morgan fingerprint density at radius 2 is 1.86 bits per heavy atom. The molecule has 1 aromatic heterocycles. The number of aryl methyl sites for hydroxylation is 2. The summed E-state index contributed by atoms with van der Waals surface area (Å²) in [7, 11) is 0. The van der Waals surface area contributed by atoms with Crippen LogP contribution in [-0.4, -0.2) is 35.8 Å². The highest BCUT2D eigenvalue weighted by Gasteiger charge is 2.29. The number of hydrogen-bond donors (Lipinski definition) is 1. The van der Waals surface area contributed by atoms with Gasteiger partial charge in [-0.15, -0.1) is 11.3 Å². The fraction of sp³-hybridized carbons (Fsp3) is 0.478. The van der Waals surface area contributed by atoms with E-state index in [-0.39, 0.29) is 11.8 Å². The third-order valence-electron chi connectivity index (χ3n) is 5.28. The van der Waals surface area contributed by atoms with Gasteiger partial charge in [-0.25, -0.2) is 0 Å². The number of benzene rings is 1. The van der Waals surface area contributed by atoms with Crippen LogP contribution < -0.4 is 5.32 Å². The summed E-state index contributed by atoms with van der Waals surface area (Å²) in [5.41, 5.74) is 2.31. The first-order chi connectivity index (χ1) is 13.6. The molecule has 2 aromatic rings. The smallest absolute Gasteiger partial charge is 0.262 e. The predicted octanol–water partition coefficient (Wildman–Crippen LogP) is 4.23. The average molecular weight is 399 g/mol. The second kappa shape index (κ2) is 9.87. The van der Waals surface area contributed by atoms with E-state index >= 15 is 0 Å². The molecule has 0 spiro atoms. The largest absolute Gasteiger partial charge is 0.341 e. The molecular formula is C23H30N2O2S. The Kier molecular flexibility index (Phi) is 7.26. The molecule has 2 heterocycles. The lowest BCUT2D eigenvalue weighted by atomic mass is 10.0. The van der Waals surface area contributed by atoms with Crippen molar-refractivity contribution in [2.24, 2.45) is 0 Å². The number of thiophene rings is 1. The quantitative estimate of drug-likeness (QED) is 0.723. The lowest BCUT2D eigenvalue weighted by molar-refractivity contribution is -0.132. The summed E-state index contributed by atoms with van der Waals surface area (Å²) >= 11 is 1.57. The van der Waals surface area contributed by atoms with E-state index in [2.05, 4.69) is 19.2 Å². The maximum absolute atomic E-state index is 13.1. The Morgan fingerprint density at radius 3 is 2.50 bits per heavy atom. The molecule has 1 saturated heterocycles. The van der Waals surface area contributed by atoms with E-state index in [4.69, 9.17) is 0 Å². The van der Waals surface area contributed by atoms with Crippen LogP contribution in [0.5, 0.6) is 0 Å². The van der Waals surface area contributed by atoms with Gasteiger partial charge < -0.3 is 10.2 Å². The molecule has 1 N–H and O–H groups in total. The third-order valence-corrected chi connectivity index (χ3v) is 6.52. The van der Waals surface area contributed by atoms with Crippen molar-refractivity contribution in [1.29, 1.82) is 0 Å². The van der Waals surface area contributed by atoms with Crippen LogP contribution in [0.4, 0.5) is 0 Å². The summed E-state index contributed by atoms with van der Waals surface area (Å²) in [6, 6.07) is 11.4. The maximum Gasteiger partial charge on any atom is 0.262 e. The summed E-state index contributed by atoms with van der Waals surface area (Å²) in [6.07, 6.45) is 5.61. The van der Waals surface area contributed by atoms with Crippen molar-refractivity contribution in [3.8, 4) is 0 Å². The topological polar surface area (TPSA) is 49.4 Å². The van der Waals surface area contributed by atoms with Crippen molar-refractivity contribution >= 4 is 23.2 Å². The molecule has 1 aromatic carbocycles. The molecule has 3 rings (SSSR count). The minimum absolute atomic E-state index is 0.0377. The monoisotopic (exact) mass is 398 g/mol. The van der Waals surface area contributed by atoms with Gasteiger partial charge >= 0.3 is 0 Å². The lowest BCUT2D eigenvalue weighted by Gasteiger charge is -2.24. The van der Waals surface area contributed by atoms with Crippen molar-refractivity contribution in [1.82, 2.24) is 10.2 Å². The molecule has 4 nitrogen and oxygen atoms in total. The fourth-order valence-corrected chi connectivity index (χ4v) is 5.01. The van der Waals surface area contributed by atoms with Crippen LogP contribution in [0.25, 0.3) is 0 Å². The molecule has 5 heteroatoms. The number of carbonyl (C=O) groups is 2. The van der Waals surface area contributed by atoms with E-state index < -0.39 is 6.04 Å². The number of amides is 2. The minimum Gasteiger partial charge on any atom is -0.341 e. The first-order valence-electron chi connectivity index (χ1n) is 10.4. The van der Waals surface area contributed by atoms with E-state index in [0.717, 1.165) is 50.8 Å². The molecule has 28 heavy (non-hydrogen) atoms. The van der Waals surface area contributed by atoms with Crippen molar-refractivity contribution in [3.63, 3.8) is 0 Å². The number of rotatable bonds is 8. The van der Waals surface area contributed by atoms with Gasteiger partial charge in [-0.3, -0.25) is 9.59 Å². The van der Waals surface area contributed by atoms with E-state index in [0.29, 0.717) is 11.3 Å². The zero-order valence-electron chi connectivity index (χ0n) is 16.9. The van der Waals surface area contributed by atoms with Crippen LogP contribution in [-0.2, 0) is 24.1 Å². The number of carbonyl (C=O) groups excluding carboxylic acids is 2. The number of nitrogens with one attached hydrogen (secondary N) is 1. The zero-order chi connectivity index (χ0) is 19.9. The van der Waals surface area contributed by atoms with Crippen molar-refractivity contribution in [2.45, 2.75) is 58.4 Å². The van der Waals surface area contributed by atoms with Crippen LogP contribution in [0.15, 0.2) is 36.4 Å². The summed E-state index contributed by atoms with van der Waals surface area (Å²) in [4.78, 5) is 29.9. The number of nitrogens with zero attached hydrogens (tertiary/aromatic N) is 1. The van der Waals surface area contributed by atoms with Gasteiger partial charge in [-0.05, 0) is 42.9 Å². The van der Waals surface area contributed by atoms with Crippen LogP contribution in [0.2, 0.25) is 0 Å². The van der Waals surface area contributed by atoms with Crippen LogP contribution >= 0.6 is 11.3 Å². The van der Waals surface area contributed by atoms with Crippen molar-refractivity contribution in [3.05, 3.63) is 57.3 Å². The van der Waals surface area contributed by atoms with Gasteiger partial charge in [0.2, 0.25) is 5.91 Å². The Labute approximate surface area is 172 Å². The van der Waals surface area contributed by atoms with Crippen LogP contribution in [0, 0.1) is 0 Å². The van der Waals surface area contributed by atoms with Gasteiger partial charge in [0, 0.05) is 24.4 Å². The van der Waals surface area contributed by atoms with Crippen molar-refractivity contribution in [2.75, 3.05) is 13.1 Å². The van der Waals surface area contributed by atoms with Gasteiger partial charge in [-0.1, -0.05) is 50.6 Å². The zero-order valence-corrected chi connectivity index (χ0v) is 17.7. The summed E-state index contributed by atoms with van der Waals surface area (Å²) < 4.78 is 0. The Hall–Kier alpha value is -2.14. The lowest BCUT2D eigenvalue weighted by Crippen LogP contribution is -2.48. The highest BCUT2D eigenvalue weighted by Crippen LogP contribution is 2.25. The normalized spacial score (nSPS) is 14.9. The molecule has 1 fully saturated rings. The van der Waals surface area contributed by atoms with Gasteiger partial charge in [0.15, 0.2) is 0 Å². The van der Waals surface area contributed by atoms with E-state index in [9.17, 15) is 9.59 Å². The molecule has 0 radical (unpaired) electrons. The molecule has 2 amide bonds. The Bertz CT molecular complexity index is 794. The van der Waals surface area contributed by atoms with Crippen molar-refractivity contribution < 1.29 is 9.59 Å². The molecule has 1 atom stereocenters. The summed E-state index contributed by atoms with van der Waals surface area (Å²) in [5.74, 6) is -0.0914. The molecular weight excluding hydrogens is 368 g/mol. The van der Waals surface area contributed by atoms with Crippen LogP contribution in [0.1, 0.15) is 58.8 Å². The number of hydrogen-bond acceptors (Lipinski definition) is 3. The predicted molar refractivity (Wildman–Crippen MR) is 115 cm³/mol. The molecule has 1 unspecified atom stereocenters. The molecule has 1 aliphatic rings. The first-order valence-corrected chi connectivity index (χ1v) is 11.2. The van der Waals surface area contributed by atoms with Gasteiger partial charge in [0.25, 0.3) is 5.91 Å². The molecule has 150 valence electrons. The molecule has 0 saturated carbocycles. The number of likely N-dealkylation sites (tertiary alicyclic amines) is 1. The standard InChI is InChI=1S/C23H30N2O2S/c1-3-10-20-18(4-2)16-21(28-20)22(26)24-19(15-17-11-6-5-7-12-17)23(27)25-13-8-9-14-25/h5-7,11-12,16,19H,3-4,8-10,13-15H2,1-2H3,(H,24,26). The minimum atomic E-state index is -0.519. The van der Waals surface area contributed by atoms with E-state index in [1.165, 1.54) is 10.4 Å². The maximum atomic E-state index is 13.1. The molecule has 0 aliphatic carbocycles.